The van der Waals surface area contributed by atoms with Crippen LogP contribution in [0.3, 0.4) is 0 Å². The second kappa shape index (κ2) is 11.7. The van der Waals surface area contributed by atoms with Crippen molar-refractivity contribution >= 4 is 40.2 Å². The summed E-state index contributed by atoms with van der Waals surface area (Å²) < 4.78 is 12.0. The number of rotatable bonds is 11. The maximum atomic E-state index is 12.1. The molecule has 1 amide bonds. The number of benzene rings is 1. The number of thioether (sulfide) groups is 1. The minimum absolute atomic E-state index is 0.251. The number of carbonyl (C=O) groups excluding carboxylic acids is 1. The number of ether oxygens (including phenoxy) is 2. The van der Waals surface area contributed by atoms with Gasteiger partial charge >= 0.3 is 0 Å². The van der Waals surface area contributed by atoms with Gasteiger partial charge in [0, 0.05) is 11.8 Å². The Bertz CT molecular complexity index is 791. The number of amides is 1. The second-order valence-electron chi connectivity index (χ2n) is 6.49. The van der Waals surface area contributed by atoms with Crippen LogP contribution in [0.4, 0.5) is 5.13 Å². The second-order valence-corrected chi connectivity index (χ2v) is 8.81. The number of nitrogens with one attached hydrogen (secondary N) is 1. The van der Waals surface area contributed by atoms with Crippen LogP contribution in [0, 0.1) is 5.92 Å². The number of hydrogen-bond acceptors (Lipinski definition) is 7. The number of anilines is 1. The monoisotopic (exact) mass is 421 g/mol. The van der Waals surface area contributed by atoms with Gasteiger partial charge in [0.05, 0.1) is 13.7 Å². The normalized spacial score (nSPS) is 11.2. The quantitative estimate of drug-likeness (QED) is 0.308. The van der Waals surface area contributed by atoms with Crippen molar-refractivity contribution in [3.05, 3.63) is 29.8 Å². The van der Waals surface area contributed by atoms with Crippen molar-refractivity contribution in [2.24, 2.45) is 5.92 Å². The zero-order chi connectivity index (χ0) is 20.4. The van der Waals surface area contributed by atoms with E-state index in [1.165, 1.54) is 17.4 Å². The molecule has 2 aromatic rings. The Hall–Kier alpha value is -2.06. The standard InChI is InChI=1S/C20H27N3O3S2/c1-5-12-27-20-23-22-19(28-20)21-18(24)9-7-15-6-8-16(17(13-15)25-4)26-11-10-14(2)3/h6-9,13-14H,5,10-12H2,1-4H3,(H,21,22,24)/b9-7+. The van der Waals surface area contributed by atoms with Gasteiger partial charge in [-0.25, -0.2) is 0 Å². The van der Waals surface area contributed by atoms with Crippen LogP contribution in [0.15, 0.2) is 28.6 Å². The lowest BCUT2D eigenvalue weighted by Gasteiger charge is -2.12. The lowest BCUT2D eigenvalue weighted by Crippen LogP contribution is -2.07. The predicted molar refractivity (Wildman–Crippen MR) is 117 cm³/mol. The number of methoxy groups -OCH3 is 1. The van der Waals surface area contributed by atoms with Crippen molar-refractivity contribution in [1.29, 1.82) is 0 Å². The fourth-order valence-electron chi connectivity index (χ4n) is 2.14. The van der Waals surface area contributed by atoms with Crippen LogP contribution in [0.1, 0.15) is 39.2 Å². The van der Waals surface area contributed by atoms with E-state index in [1.54, 1.807) is 24.9 Å². The number of carbonyl (C=O) groups is 1. The molecule has 0 aliphatic rings. The molecule has 2 rings (SSSR count). The highest BCUT2D eigenvalue weighted by Crippen LogP contribution is 2.29. The summed E-state index contributed by atoms with van der Waals surface area (Å²) in [6.07, 6.45) is 5.24. The van der Waals surface area contributed by atoms with Crippen LogP contribution in [0.5, 0.6) is 11.5 Å². The van der Waals surface area contributed by atoms with Crippen molar-refractivity contribution in [3.8, 4) is 11.5 Å². The fraction of sp³-hybridized carbons (Fsp3) is 0.450. The van der Waals surface area contributed by atoms with Gasteiger partial charge in [-0.05, 0) is 42.5 Å². The number of hydrogen-bond donors (Lipinski definition) is 1. The largest absolute Gasteiger partial charge is 0.493 e. The van der Waals surface area contributed by atoms with Gasteiger partial charge in [0.15, 0.2) is 15.8 Å². The van der Waals surface area contributed by atoms with Crippen molar-refractivity contribution in [2.45, 2.75) is 38.0 Å². The van der Waals surface area contributed by atoms with Gasteiger partial charge in [0.25, 0.3) is 0 Å². The summed E-state index contributed by atoms with van der Waals surface area (Å²) in [7, 11) is 1.61. The van der Waals surface area contributed by atoms with E-state index in [0.29, 0.717) is 29.2 Å². The molecule has 0 spiro atoms. The highest BCUT2D eigenvalue weighted by molar-refractivity contribution is 8.01. The molecule has 8 heteroatoms. The molecule has 1 aromatic heterocycles. The van der Waals surface area contributed by atoms with Gasteiger partial charge in [-0.15, -0.1) is 10.2 Å². The van der Waals surface area contributed by atoms with E-state index in [-0.39, 0.29) is 5.91 Å². The van der Waals surface area contributed by atoms with Gasteiger partial charge in [-0.1, -0.05) is 49.9 Å². The molecule has 28 heavy (non-hydrogen) atoms. The zero-order valence-corrected chi connectivity index (χ0v) is 18.4. The molecule has 0 aliphatic carbocycles. The average molecular weight is 422 g/mol. The molecular weight excluding hydrogens is 394 g/mol. The minimum atomic E-state index is -0.251. The van der Waals surface area contributed by atoms with Gasteiger partial charge in [0.2, 0.25) is 11.0 Å². The molecule has 1 heterocycles. The molecule has 6 nitrogen and oxygen atoms in total. The summed E-state index contributed by atoms with van der Waals surface area (Å²) in [6, 6.07) is 5.60. The Morgan fingerprint density at radius 3 is 2.86 bits per heavy atom. The van der Waals surface area contributed by atoms with E-state index in [4.69, 9.17) is 9.47 Å². The molecule has 152 valence electrons. The summed E-state index contributed by atoms with van der Waals surface area (Å²) in [5.74, 6) is 2.67. The summed E-state index contributed by atoms with van der Waals surface area (Å²) in [5.41, 5.74) is 0.847. The van der Waals surface area contributed by atoms with Crippen LogP contribution < -0.4 is 14.8 Å². The van der Waals surface area contributed by atoms with Gasteiger partial charge in [-0.2, -0.15) is 0 Å². The molecule has 0 atom stereocenters. The lowest BCUT2D eigenvalue weighted by molar-refractivity contribution is -0.111. The number of nitrogens with zero attached hydrogens (tertiary/aromatic N) is 2. The molecule has 0 radical (unpaired) electrons. The summed E-state index contributed by atoms with van der Waals surface area (Å²) in [4.78, 5) is 12.1. The molecule has 0 unspecified atom stereocenters. The molecule has 1 aromatic carbocycles. The van der Waals surface area contributed by atoms with E-state index >= 15 is 0 Å². The topological polar surface area (TPSA) is 73.3 Å². The van der Waals surface area contributed by atoms with Gasteiger partial charge < -0.3 is 9.47 Å². The Morgan fingerprint density at radius 2 is 2.14 bits per heavy atom. The van der Waals surface area contributed by atoms with Crippen LogP contribution in [0.2, 0.25) is 0 Å². The fourth-order valence-corrected chi connectivity index (χ4v) is 3.82. The van der Waals surface area contributed by atoms with Crippen molar-refractivity contribution in [1.82, 2.24) is 10.2 Å². The minimum Gasteiger partial charge on any atom is -0.493 e. The zero-order valence-electron chi connectivity index (χ0n) is 16.7. The highest BCUT2D eigenvalue weighted by Gasteiger charge is 2.08. The first-order valence-corrected chi connectivity index (χ1v) is 11.1. The third-order valence-corrected chi connectivity index (χ3v) is 5.81. The first-order chi connectivity index (χ1) is 13.5. The summed E-state index contributed by atoms with van der Waals surface area (Å²) in [6.45, 7) is 7.07. The van der Waals surface area contributed by atoms with Crippen LogP contribution in [-0.2, 0) is 4.79 Å². The van der Waals surface area contributed by atoms with E-state index in [9.17, 15) is 4.79 Å². The van der Waals surface area contributed by atoms with Crippen LogP contribution >= 0.6 is 23.1 Å². The number of aromatic nitrogens is 2. The molecule has 0 aliphatic heterocycles. The Morgan fingerprint density at radius 1 is 1.32 bits per heavy atom. The molecule has 1 N–H and O–H groups in total. The van der Waals surface area contributed by atoms with Gasteiger partial charge in [0.1, 0.15) is 0 Å². The van der Waals surface area contributed by atoms with E-state index in [1.807, 2.05) is 18.2 Å². The Labute approximate surface area is 174 Å². The first kappa shape index (κ1) is 22.2. The first-order valence-electron chi connectivity index (χ1n) is 9.28. The third kappa shape index (κ3) is 7.52. The lowest BCUT2D eigenvalue weighted by atomic mass is 10.1. The smallest absolute Gasteiger partial charge is 0.250 e. The third-order valence-electron chi connectivity index (χ3n) is 3.63. The Kier molecular flexibility index (Phi) is 9.30. The SMILES string of the molecule is CCCSc1nnc(NC(=O)/C=C/c2ccc(OCCC(C)C)c(OC)c2)s1. The Balaban J connectivity index is 1.93. The maximum absolute atomic E-state index is 12.1. The predicted octanol–water partition coefficient (Wildman–Crippen LogP) is 5.13. The summed E-state index contributed by atoms with van der Waals surface area (Å²) >= 11 is 3.02. The van der Waals surface area contributed by atoms with Crippen molar-refractivity contribution in [3.63, 3.8) is 0 Å². The molecular formula is C20H27N3O3S2. The van der Waals surface area contributed by atoms with Crippen molar-refractivity contribution in [2.75, 3.05) is 24.8 Å². The van der Waals surface area contributed by atoms with Crippen LogP contribution in [0.25, 0.3) is 6.08 Å². The summed E-state index contributed by atoms with van der Waals surface area (Å²) in [5, 5.41) is 11.3. The molecule has 0 fully saturated rings. The van der Waals surface area contributed by atoms with E-state index in [0.717, 1.165) is 28.5 Å². The molecule has 0 bridgehead atoms. The molecule has 0 saturated carbocycles. The van der Waals surface area contributed by atoms with Gasteiger partial charge in [-0.3, -0.25) is 10.1 Å². The molecule has 0 saturated heterocycles. The van der Waals surface area contributed by atoms with E-state index in [2.05, 4.69) is 36.3 Å². The van der Waals surface area contributed by atoms with E-state index < -0.39 is 0 Å². The maximum Gasteiger partial charge on any atom is 0.250 e. The highest BCUT2D eigenvalue weighted by atomic mass is 32.2. The van der Waals surface area contributed by atoms with Crippen molar-refractivity contribution < 1.29 is 14.3 Å². The van der Waals surface area contributed by atoms with Crippen LogP contribution in [-0.4, -0.2) is 35.6 Å². The average Bonchev–Trinajstić information content (AvgIpc) is 3.12.